The van der Waals surface area contributed by atoms with Gasteiger partial charge in [-0.1, -0.05) is 154 Å². The highest BCUT2D eigenvalue weighted by atomic mass is 32.1. The van der Waals surface area contributed by atoms with Crippen LogP contribution in [-0.4, -0.2) is 12.3 Å². The van der Waals surface area contributed by atoms with Crippen LogP contribution in [0.2, 0.25) is 0 Å². The average molecular weight is 829 g/mol. The molecule has 0 fully saturated rings. The van der Waals surface area contributed by atoms with Crippen molar-refractivity contribution in [1.82, 2.24) is 0 Å². The quantitative estimate of drug-likeness (QED) is 0.0770. The number of thiophene rings is 3. The predicted octanol–water partition coefficient (Wildman–Crippen LogP) is 15.9. The molecule has 0 unspecified atom stereocenters. The smallest absolute Gasteiger partial charge is 0.151 e. The van der Waals surface area contributed by atoms with E-state index in [0.29, 0.717) is 0 Å². The molecular weight excluding hydrogens is 753 g/mol. The van der Waals surface area contributed by atoms with Crippen molar-refractivity contribution in [3.63, 3.8) is 0 Å². The molecule has 0 atom stereocenters. The summed E-state index contributed by atoms with van der Waals surface area (Å²) in [4.78, 5) is 19.6. The summed E-state index contributed by atoms with van der Waals surface area (Å²) in [6.45, 7) is 31.3. The van der Waals surface area contributed by atoms with E-state index < -0.39 is 0 Å². The van der Waals surface area contributed by atoms with Crippen molar-refractivity contribution < 1.29 is 4.74 Å². The Kier molecular flexibility index (Phi) is 15.2. The third-order valence-electron chi connectivity index (χ3n) is 11.8. The summed E-state index contributed by atoms with van der Waals surface area (Å²) in [6, 6.07) is 16.5. The van der Waals surface area contributed by atoms with E-state index in [1.54, 1.807) is 0 Å². The first-order valence-corrected chi connectivity index (χ1v) is 24.9. The molecule has 4 heterocycles. The zero-order chi connectivity index (χ0) is 41.6. The number of hydrogen-bond acceptors (Lipinski definition) is 6. The second-order valence-corrected chi connectivity index (χ2v) is 23.5. The van der Waals surface area contributed by atoms with Crippen LogP contribution < -0.4 is 15.5 Å². The highest BCUT2D eigenvalue weighted by Crippen LogP contribution is 2.50. The van der Waals surface area contributed by atoms with Gasteiger partial charge >= 0.3 is 0 Å². The first-order chi connectivity index (χ1) is 26.8. The minimum atomic E-state index is -0.337. The Balaban J connectivity index is 1.49. The summed E-state index contributed by atoms with van der Waals surface area (Å²) >= 11 is 5.84. The van der Waals surface area contributed by atoms with Crippen molar-refractivity contribution in [2.75, 3.05) is 6.61 Å². The molecule has 0 aliphatic carbocycles. The minimum absolute atomic E-state index is 0.00503. The molecule has 0 bridgehead atoms. The zero-order valence-corrected chi connectivity index (χ0v) is 40.6. The number of fused-ring (bicyclic) bond motifs is 1. The second-order valence-electron chi connectivity index (χ2n) is 20.3. The van der Waals surface area contributed by atoms with Gasteiger partial charge in [0, 0.05) is 35.4 Å². The lowest BCUT2D eigenvalue weighted by molar-refractivity contribution is 0.290. The standard InChI is InChI=1S/C51H76N2OS3/c1-14-17-20-22-31-51(32-23-21-18-15-2)52-44-36(25-26-37(45(44)53-51)47(4,5)6)39-27-30-43(55-39)49(10,11)35-50(12,13)46-38(54-33-24-19-16-3)34-41(57-46)40-28-29-42(56-40)48(7,8)9/h25-30,34H,14-24,31-33,35H2,1-13H3. The van der Waals surface area contributed by atoms with Crippen LogP contribution >= 0.6 is 34.0 Å². The van der Waals surface area contributed by atoms with Gasteiger partial charge in [-0.3, -0.25) is 9.98 Å². The van der Waals surface area contributed by atoms with E-state index in [9.17, 15) is 0 Å². The first kappa shape index (κ1) is 45.8. The maximum absolute atomic E-state index is 6.65. The summed E-state index contributed by atoms with van der Waals surface area (Å²) in [5, 5.41) is 2.29. The summed E-state index contributed by atoms with van der Waals surface area (Å²) in [5.74, 6) is 1.08. The van der Waals surface area contributed by atoms with Crippen molar-refractivity contribution in [2.45, 2.75) is 207 Å². The first-order valence-electron chi connectivity index (χ1n) is 22.5. The number of hydrogen-bond donors (Lipinski definition) is 0. The molecule has 0 radical (unpaired) electrons. The van der Waals surface area contributed by atoms with Crippen LogP contribution in [-0.2, 0) is 21.7 Å². The Hall–Kier alpha value is -2.28. The van der Waals surface area contributed by atoms with Gasteiger partial charge in [0.05, 0.1) is 22.2 Å². The van der Waals surface area contributed by atoms with Crippen LogP contribution in [0, 0.1) is 0 Å². The second kappa shape index (κ2) is 19.0. The molecule has 0 N–H and O–H groups in total. The van der Waals surface area contributed by atoms with Gasteiger partial charge in [-0.2, -0.15) is 0 Å². The maximum Gasteiger partial charge on any atom is 0.151 e. The molecule has 0 spiro atoms. The molecule has 314 valence electrons. The molecule has 3 aromatic heterocycles. The number of nitrogens with zero attached hydrogens (tertiary/aromatic N) is 2. The van der Waals surface area contributed by atoms with Crippen LogP contribution in [0.1, 0.15) is 200 Å². The van der Waals surface area contributed by atoms with Crippen LogP contribution in [0.15, 0.2) is 52.4 Å². The Bertz CT molecular complexity index is 2010. The third kappa shape index (κ3) is 11.3. The van der Waals surface area contributed by atoms with E-state index >= 15 is 0 Å². The van der Waals surface area contributed by atoms with E-state index in [1.807, 2.05) is 34.0 Å². The van der Waals surface area contributed by atoms with Gasteiger partial charge in [0.1, 0.15) is 5.75 Å². The van der Waals surface area contributed by atoms with E-state index in [0.717, 1.165) is 48.8 Å². The fraction of sp³-hybridized carbons (Fsp3) is 0.647. The van der Waals surface area contributed by atoms with Crippen LogP contribution in [0.5, 0.6) is 5.75 Å². The molecule has 1 aliphatic heterocycles. The Labute approximate surface area is 359 Å². The lowest BCUT2D eigenvalue weighted by atomic mass is 9.73. The highest BCUT2D eigenvalue weighted by molar-refractivity contribution is 7.22. The van der Waals surface area contributed by atoms with Gasteiger partial charge in [0.15, 0.2) is 5.66 Å². The molecule has 57 heavy (non-hydrogen) atoms. The van der Waals surface area contributed by atoms with Gasteiger partial charge in [-0.15, -0.1) is 34.0 Å². The SMILES string of the molecule is CCCCCCC1(CCCCCC)N=c2c(-c3ccc(C(C)(C)CC(C)(C)c4sc(-c5ccc(C(C)(C)C)s5)cc4OCCCCC)s3)ccc(C(C)(C)C)c2=N1. The fourth-order valence-electron chi connectivity index (χ4n) is 8.67. The van der Waals surface area contributed by atoms with Crippen LogP contribution in [0.4, 0.5) is 0 Å². The van der Waals surface area contributed by atoms with Crippen molar-refractivity contribution in [1.29, 1.82) is 0 Å². The topological polar surface area (TPSA) is 34.0 Å². The lowest BCUT2D eigenvalue weighted by Gasteiger charge is -2.34. The highest BCUT2D eigenvalue weighted by Gasteiger charge is 2.37. The Morgan fingerprint density at radius 2 is 1.12 bits per heavy atom. The maximum atomic E-state index is 6.65. The molecule has 1 aromatic carbocycles. The lowest BCUT2D eigenvalue weighted by Crippen LogP contribution is -2.33. The summed E-state index contributed by atoms with van der Waals surface area (Å²) in [7, 11) is 0. The monoisotopic (exact) mass is 829 g/mol. The number of rotatable bonds is 21. The Morgan fingerprint density at radius 3 is 1.72 bits per heavy atom. The van der Waals surface area contributed by atoms with Crippen LogP contribution in [0.25, 0.3) is 20.2 Å². The molecule has 0 amide bonds. The molecule has 0 saturated carbocycles. The Morgan fingerprint density at radius 1 is 0.544 bits per heavy atom. The van der Waals surface area contributed by atoms with E-state index in [4.69, 9.17) is 14.7 Å². The molecule has 6 heteroatoms. The third-order valence-corrected chi connectivity index (χ3v) is 16.5. The van der Waals surface area contributed by atoms with Gasteiger partial charge in [-0.25, -0.2) is 0 Å². The summed E-state index contributed by atoms with van der Waals surface area (Å²) in [6.07, 6.45) is 16.6. The average Bonchev–Trinajstić information content (AvgIpc) is 3.95. The van der Waals surface area contributed by atoms with Crippen LogP contribution in [0.3, 0.4) is 0 Å². The van der Waals surface area contributed by atoms with E-state index in [-0.39, 0.29) is 27.3 Å². The molecule has 3 nitrogen and oxygen atoms in total. The van der Waals surface area contributed by atoms with Gasteiger partial charge < -0.3 is 4.74 Å². The zero-order valence-electron chi connectivity index (χ0n) is 38.2. The fourth-order valence-corrected chi connectivity index (χ4v) is 12.1. The number of ether oxygens (including phenoxy) is 1. The molecule has 0 saturated heterocycles. The van der Waals surface area contributed by atoms with Crippen molar-refractivity contribution in [3.05, 3.63) is 73.4 Å². The number of unbranched alkanes of at least 4 members (excludes halogenated alkanes) is 8. The molecule has 4 aromatic rings. The summed E-state index contributed by atoms with van der Waals surface area (Å²) in [5.41, 5.74) is 2.26. The van der Waals surface area contributed by atoms with Crippen molar-refractivity contribution in [2.24, 2.45) is 9.98 Å². The molecule has 1 aliphatic rings. The molecule has 5 rings (SSSR count). The van der Waals surface area contributed by atoms with E-state index in [2.05, 4.69) is 132 Å². The van der Waals surface area contributed by atoms with Crippen molar-refractivity contribution >= 4 is 34.0 Å². The van der Waals surface area contributed by atoms with Crippen molar-refractivity contribution in [3.8, 4) is 25.9 Å². The predicted molar refractivity (Wildman–Crippen MR) is 253 cm³/mol. The van der Waals surface area contributed by atoms with E-state index in [1.165, 1.54) is 105 Å². The summed E-state index contributed by atoms with van der Waals surface area (Å²) < 4.78 is 6.65. The molecular formula is C51H76N2OS3. The largest absolute Gasteiger partial charge is 0.492 e. The van der Waals surface area contributed by atoms with Gasteiger partial charge in [0.25, 0.3) is 0 Å². The van der Waals surface area contributed by atoms with Gasteiger partial charge in [0.2, 0.25) is 0 Å². The normalized spacial score (nSPS) is 14.5. The minimum Gasteiger partial charge on any atom is -0.492 e. The number of benzene rings is 1. The van der Waals surface area contributed by atoms with Gasteiger partial charge in [-0.05, 0) is 90.7 Å².